The summed E-state index contributed by atoms with van der Waals surface area (Å²) < 4.78 is 5.48. The zero-order chi connectivity index (χ0) is 20.2. The molecule has 158 valence electrons. The maximum absolute atomic E-state index is 12.0. The quantitative estimate of drug-likeness (QED) is 0.234. The first kappa shape index (κ1) is 24.7. The van der Waals surface area contributed by atoms with Crippen LogP contribution in [-0.4, -0.2) is 55.0 Å². The number of carbonyl (C=O) groups is 1. The summed E-state index contributed by atoms with van der Waals surface area (Å²) in [5.41, 5.74) is 1.72. The second kappa shape index (κ2) is 13.8. The summed E-state index contributed by atoms with van der Waals surface area (Å²) in [6.07, 6.45) is 3.19. The van der Waals surface area contributed by atoms with E-state index in [0.29, 0.717) is 25.3 Å². The van der Waals surface area contributed by atoms with Crippen molar-refractivity contribution in [2.75, 3.05) is 33.3 Å². The van der Waals surface area contributed by atoms with E-state index < -0.39 is 0 Å². The molecular formula is C21H30IN5O2. The van der Waals surface area contributed by atoms with Crippen molar-refractivity contribution >= 4 is 35.8 Å². The van der Waals surface area contributed by atoms with Crippen LogP contribution in [0.3, 0.4) is 0 Å². The van der Waals surface area contributed by atoms with Gasteiger partial charge in [-0.1, -0.05) is 12.1 Å². The first-order valence-corrected chi connectivity index (χ1v) is 9.53. The molecule has 8 heteroatoms. The van der Waals surface area contributed by atoms with Crippen LogP contribution < -0.4 is 15.4 Å². The Kier molecular flexibility index (Phi) is 11.7. The van der Waals surface area contributed by atoms with Crippen molar-refractivity contribution in [3.63, 3.8) is 0 Å². The fraction of sp³-hybridized carbons (Fsp3) is 0.381. The molecule has 0 spiro atoms. The number of rotatable bonds is 9. The van der Waals surface area contributed by atoms with E-state index in [-0.39, 0.29) is 29.9 Å². The van der Waals surface area contributed by atoms with Gasteiger partial charge in [0.25, 0.3) is 5.91 Å². The molecule has 1 aromatic heterocycles. The van der Waals surface area contributed by atoms with Gasteiger partial charge in [0.1, 0.15) is 5.75 Å². The highest BCUT2D eigenvalue weighted by Crippen LogP contribution is 2.13. The molecule has 0 saturated heterocycles. The van der Waals surface area contributed by atoms with E-state index in [4.69, 9.17) is 4.74 Å². The molecule has 0 saturated carbocycles. The lowest BCUT2D eigenvalue weighted by molar-refractivity contribution is 0.0954. The summed E-state index contributed by atoms with van der Waals surface area (Å²) in [4.78, 5) is 22.6. The van der Waals surface area contributed by atoms with E-state index in [1.165, 1.54) is 5.56 Å². The summed E-state index contributed by atoms with van der Waals surface area (Å²) >= 11 is 0. The molecule has 2 aromatic rings. The molecule has 0 aliphatic rings. The lowest BCUT2D eigenvalue weighted by Crippen LogP contribution is -2.39. The van der Waals surface area contributed by atoms with Crippen LogP contribution in [0, 0.1) is 0 Å². The fourth-order valence-corrected chi connectivity index (χ4v) is 2.61. The largest absolute Gasteiger partial charge is 0.494 e. The van der Waals surface area contributed by atoms with E-state index in [9.17, 15) is 4.79 Å². The Bertz CT molecular complexity index is 753. The van der Waals surface area contributed by atoms with Gasteiger partial charge in [-0.05, 0) is 43.7 Å². The maximum Gasteiger partial charge on any atom is 0.252 e. The monoisotopic (exact) mass is 511 g/mol. The molecule has 2 rings (SSSR count). The van der Waals surface area contributed by atoms with E-state index in [1.807, 2.05) is 33.0 Å². The third-order valence-corrected chi connectivity index (χ3v) is 3.93. The average molecular weight is 511 g/mol. The van der Waals surface area contributed by atoms with Crippen molar-refractivity contribution in [2.24, 2.45) is 4.99 Å². The van der Waals surface area contributed by atoms with E-state index in [0.717, 1.165) is 24.8 Å². The van der Waals surface area contributed by atoms with Crippen LogP contribution in [0.4, 0.5) is 0 Å². The zero-order valence-electron chi connectivity index (χ0n) is 17.2. The maximum atomic E-state index is 12.0. The molecule has 0 aliphatic heterocycles. The van der Waals surface area contributed by atoms with Crippen LogP contribution >= 0.6 is 24.0 Å². The first-order chi connectivity index (χ1) is 13.6. The number of ether oxygens (including phenoxy) is 1. The topological polar surface area (TPSA) is 78.8 Å². The molecule has 0 radical (unpaired) electrons. The minimum Gasteiger partial charge on any atom is -0.494 e. The number of hydrogen-bond acceptors (Lipinski definition) is 4. The number of guanidine groups is 1. The lowest BCUT2D eigenvalue weighted by atomic mass is 10.2. The average Bonchev–Trinajstić information content (AvgIpc) is 2.72. The van der Waals surface area contributed by atoms with Gasteiger partial charge in [0.05, 0.1) is 18.7 Å². The first-order valence-electron chi connectivity index (χ1n) is 9.53. The molecule has 7 nitrogen and oxygen atoms in total. The Hall–Kier alpha value is -2.36. The zero-order valence-corrected chi connectivity index (χ0v) is 19.6. The summed E-state index contributed by atoms with van der Waals surface area (Å²) in [6.45, 7) is 7.11. The number of nitrogens with zero attached hydrogens (tertiary/aromatic N) is 3. The Morgan fingerprint density at radius 2 is 1.93 bits per heavy atom. The standard InChI is InChI=1S/C21H29N5O2.HI/c1-4-23-21(25-14-13-24-20(27)18-7-6-12-22-15-18)26(3)16-17-8-10-19(11-9-17)28-5-2;/h6-12,15H,4-5,13-14,16H2,1-3H3,(H,23,25)(H,24,27);1H. The summed E-state index contributed by atoms with van der Waals surface area (Å²) in [6, 6.07) is 11.5. The SMILES string of the molecule is CCNC(=NCCNC(=O)c1cccnc1)N(C)Cc1ccc(OCC)cc1.I. The third-order valence-electron chi connectivity index (χ3n) is 3.93. The van der Waals surface area contributed by atoms with Gasteiger partial charge < -0.3 is 20.3 Å². The number of aromatic nitrogens is 1. The van der Waals surface area contributed by atoms with E-state index in [2.05, 4.69) is 37.6 Å². The molecular weight excluding hydrogens is 481 g/mol. The summed E-state index contributed by atoms with van der Waals surface area (Å²) in [5.74, 6) is 1.53. The Labute approximate surface area is 190 Å². The minimum atomic E-state index is -0.143. The molecule has 2 N–H and O–H groups in total. The van der Waals surface area contributed by atoms with Gasteiger partial charge in [-0.2, -0.15) is 0 Å². The second-order valence-corrected chi connectivity index (χ2v) is 6.17. The fourth-order valence-electron chi connectivity index (χ4n) is 2.61. The van der Waals surface area contributed by atoms with Crippen LogP contribution in [0.5, 0.6) is 5.75 Å². The molecule has 0 fully saturated rings. The normalized spacial score (nSPS) is 10.7. The smallest absolute Gasteiger partial charge is 0.252 e. The summed E-state index contributed by atoms with van der Waals surface area (Å²) in [7, 11) is 1.99. The Balaban J connectivity index is 0.00000420. The second-order valence-electron chi connectivity index (χ2n) is 6.17. The number of amides is 1. The van der Waals surface area contributed by atoms with Gasteiger partial charge in [0.15, 0.2) is 5.96 Å². The molecule has 0 atom stereocenters. The van der Waals surface area contributed by atoms with Crippen molar-refractivity contribution in [1.29, 1.82) is 0 Å². The van der Waals surface area contributed by atoms with Gasteiger partial charge in [0, 0.05) is 39.1 Å². The van der Waals surface area contributed by atoms with Crippen molar-refractivity contribution < 1.29 is 9.53 Å². The van der Waals surface area contributed by atoms with Crippen LogP contribution in [0.25, 0.3) is 0 Å². The lowest BCUT2D eigenvalue weighted by Gasteiger charge is -2.22. The number of halogens is 1. The molecule has 1 aromatic carbocycles. The molecule has 0 bridgehead atoms. The predicted octanol–water partition coefficient (Wildman–Crippen LogP) is 2.93. The van der Waals surface area contributed by atoms with Gasteiger partial charge in [0.2, 0.25) is 0 Å². The summed E-state index contributed by atoms with van der Waals surface area (Å²) in [5, 5.41) is 6.14. The van der Waals surface area contributed by atoms with E-state index in [1.54, 1.807) is 24.5 Å². The number of benzene rings is 1. The van der Waals surface area contributed by atoms with Gasteiger partial charge in [-0.25, -0.2) is 0 Å². The molecule has 29 heavy (non-hydrogen) atoms. The van der Waals surface area contributed by atoms with Gasteiger partial charge in [-0.15, -0.1) is 24.0 Å². The highest BCUT2D eigenvalue weighted by Gasteiger charge is 2.07. The number of nitrogens with one attached hydrogen (secondary N) is 2. The molecule has 0 unspecified atom stereocenters. The third kappa shape index (κ3) is 8.68. The van der Waals surface area contributed by atoms with Crippen molar-refractivity contribution in [3.05, 3.63) is 59.9 Å². The number of carbonyl (C=O) groups excluding carboxylic acids is 1. The molecule has 0 aliphatic carbocycles. The van der Waals surface area contributed by atoms with Gasteiger partial charge >= 0.3 is 0 Å². The predicted molar refractivity (Wildman–Crippen MR) is 127 cm³/mol. The highest BCUT2D eigenvalue weighted by molar-refractivity contribution is 14.0. The van der Waals surface area contributed by atoms with Crippen molar-refractivity contribution in [2.45, 2.75) is 20.4 Å². The number of pyridine rings is 1. The molecule has 1 heterocycles. The van der Waals surface area contributed by atoms with Crippen molar-refractivity contribution in [3.8, 4) is 5.75 Å². The number of hydrogen-bond donors (Lipinski definition) is 2. The van der Waals surface area contributed by atoms with Crippen LogP contribution in [0.15, 0.2) is 53.8 Å². The van der Waals surface area contributed by atoms with Crippen LogP contribution in [0.1, 0.15) is 29.8 Å². The minimum absolute atomic E-state index is 0. The van der Waals surface area contributed by atoms with E-state index >= 15 is 0 Å². The highest BCUT2D eigenvalue weighted by atomic mass is 127. The number of aliphatic imine (C=N–C) groups is 1. The Morgan fingerprint density at radius 3 is 2.55 bits per heavy atom. The van der Waals surface area contributed by atoms with Crippen LogP contribution in [-0.2, 0) is 6.54 Å². The van der Waals surface area contributed by atoms with Crippen molar-refractivity contribution in [1.82, 2.24) is 20.5 Å². The van der Waals surface area contributed by atoms with Crippen LogP contribution in [0.2, 0.25) is 0 Å². The van der Waals surface area contributed by atoms with Gasteiger partial charge in [-0.3, -0.25) is 14.8 Å². The molecule has 1 amide bonds. The Morgan fingerprint density at radius 1 is 1.17 bits per heavy atom.